The summed E-state index contributed by atoms with van der Waals surface area (Å²) in [5.41, 5.74) is 4.18. The lowest BCUT2D eigenvalue weighted by Crippen LogP contribution is -2.50. The van der Waals surface area contributed by atoms with E-state index in [0.717, 1.165) is 0 Å². The van der Waals surface area contributed by atoms with Gasteiger partial charge in [-0.1, -0.05) is 60.7 Å². The van der Waals surface area contributed by atoms with E-state index in [1.807, 2.05) is 12.1 Å². The van der Waals surface area contributed by atoms with Gasteiger partial charge in [-0.05, 0) is 11.1 Å². The first-order valence-electron chi connectivity index (χ1n) is 10.8. The van der Waals surface area contributed by atoms with Gasteiger partial charge < -0.3 is 30.9 Å². The molecule has 6 N–H and O–H groups in total. The third-order valence-corrected chi connectivity index (χ3v) is 6.48. The smallest absolute Gasteiger partial charge is 0.180 e. The third kappa shape index (κ3) is 3.35. The van der Waals surface area contributed by atoms with E-state index in [-0.39, 0.29) is 23.4 Å². The molecule has 1 saturated heterocycles. The zero-order valence-corrected chi connectivity index (χ0v) is 18.1. The fourth-order valence-corrected chi connectivity index (χ4v) is 4.74. The molecule has 2 aromatic carbocycles. The van der Waals surface area contributed by atoms with Crippen LogP contribution in [0.25, 0.3) is 11.2 Å². The quantitative estimate of drug-likeness (QED) is 0.274. The molecule has 0 bridgehead atoms. The maximum atomic E-state index is 12.2. The van der Waals surface area contributed by atoms with Gasteiger partial charge in [-0.15, -0.1) is 0 Å². The van der Waals surface area contributed by atoms with Gasteiger partial charge in [-0.2, -0.15) is 0 Å². The Morgan fingerprint density at radius 2 is 1.59 bits per heavy atom. The number of ether oxygens (including phenoxy) is 1. The summed E-state index contributed by atoms with van der Waals surface area (Å²) in [7, 11) is 0. The van der Waals surface area contributed by atoms with E-state index in [1.165, 1.54) is 17.2 Å². The van der Waals surface area contributed by atoms with Gasteiger partial charge in [0.1, 0.15) is 35.8 Å². The normalized spacial score (nSPS) is 25.1. The number of fused-ring (bicyclic) bond motifs is 1. The van der Waals surface area contributed by atoms with E-state index in [4.69, 9.17) is 10.5 Å². The predicted molar refractivity (Wildman–Crippen MR) is 122 cm³/mol. The maximum Gasteiger partial charge on any atom is 0.180 e. The highest BCUT2D eigenvalue weighted by Gasteiger charge is 2.59. The lowest BCUT2D eigenvalue weighted by atomic mass is 9.78. The fourth-order valence-electron chi connectivity index (χ4n) is 4.74. The lowest BCUT2D eigenvalue weighted by molar-refractivity contribution is -0.177. The van der Waals surface area contributed by atoms with Crippen molar-refractivity contribution in [2.75, 3.05) is 12.3 Å². The maximum absolute atomic E-state index is 12.2. The number of aromatic nitrogens is 4. The summed E-state index contributed by atoms with van der Waals surface area (Å²) < 4.78 is 7.61. The van der Waals surface area contributed by atoms with Crippen LogP contribution < -0.4 is 5.73 Å². The first kappa shape index (κ1) is 22.4. The van der Waals surface area contributed by atoms with Gasteiger partial charge in [0.2, 0.25) is 0 Å². The van der Waals surface area contributed by atoms with E-state index < -0.39 is 36.2 Å². The molecule has 4 atom stereocenters. The molecule has 1 aliphatic rings. The average molecular weight is 463 g/mol. The Morgan fingerprint density at radius 3 is 2.15 bits per heavy atom. The molecule has 0 unspecified atom stereocenters. The lowest BCUT2D eigenvalue weighted by Gasteiger charge is -2.41. The Morgan fingerprint density at radius 1 is 0.971 bits per heavy atom. The van der Waals surface area contributed by atoms with E-state index in [1.54, 1.807) is 48.5 Å². The second-order valence-corrected chi connectivity index (χ2v) is 8.43. The summed E-state index contributed by atoms with van der Waals surface area (Å²) in [6, 6.07) is 18.0. The molecule has 0 aliphatic carbocycles. The van der Waals surface area contributed by atoms with Crippen molar-refractivity contribution in [3.05, 3.63) is 84.4 Å². The second kappa shape index (κ2) is 8.42. The van der Waals surface area contributed by atoms with E-state index in [2.05, 4.69) is 15.0 Å². The zero-order valence-electron chi connectivity index (χ0n) is 18.1. The van der Waals surface area contributed by atoms with Crippen molar-refractivity contribution in [3.63, 3.8) is 0 Å². The minimum atomic E-state index is -1.76. The highest BCUT2D eigenvalue weighted by atomic mass is 16.6. The van der Waals surface area contributed by atoms with Gasteiger partial charge in [0.15, 0.2) is 17.2 Å². The Hall–Kier alpha value is -3.41. The number of hydrogen-bond donors (Lipinski definition) is 5. The van der Waals surface area contributed by atoms with Crippen LogP contribution in [0.4, 0.5) is 5.82 Å². The van der Waals surface area contributed by atoms with Gasteiger partial charge in [-0.3, -0.25) is 4.57 Å². The van der Waals surface area contributed by atoms with Crippen LogP contribution in [-0.2, 0) is 16.1 Å². The molecule has 0 amide bonds. The minimum Gasteiger partial charge on any atom is -0.394 e. The molecule has 1 fully saturated rings. The number of benzene rings is 2. The van der Waals surface area contributed by atoms with Gasteiger partial charge in [0, 0.05) is 6.42 Å². The Kier molecular flexibility index (Phi) is 5.54. The molecule has 4 aromatic rings. The van der Waals surface area contributed by atoms with Gasteiger partial charge >= 0.3 is 0 Å². The van der Waals surface area contributed by atoms with E-state index in [9.17, 15) is 20.4 Å². The summed E-state index contributed by atoms with van der Waals surface area (Å²) in [4.78, 5) is 12.5. The van der Waals surface area contributed by atoms with Crippen molar-refractivity contribution >= 4 is 17.0 Å². The van der Waals surface area contributed by atoms with Crippen LogP contribution >= 0.6 is 0 Å². The van der Waals surface area contributed by atoms with Crippen LogP contribution in [0.2, 0.25) is 0 Å². The van der Waals surface area contributed by atoms with Crippen molar-refractivity contribution in [2.45, 2.75) is 36.1 Å². The molecule has 34 heavy (non-hydrogen) atoms. The molecule has 0 saturated carbocycles. The summed E-state index contributed by atoms with van der Waals surface area (Å²) >= 11 is 0. The van der Waals surface area contributed by atoms with Crippen LogP contribution in [0.5, 0.6) is 0 Å². The summed E-state index contributed by atoms with van der Waals surface area (Å²) in [6.07, 6.45) is -1.69. The first-order valence-corrected chi connectivity index (χ1v) is 10.8. The highest BCUT2D eigenvalue weighted by Crippen LogP contribution is 2.47. The molecule has 3 heterocycles. The van der Waals surface area contributed by atoms with Crippen LogP contribution in [-0.4, -0.2) is 64.9 Å². The Labute approximate surface area is 194 Å². The summed E-state index contributed by atoms with van der Waals surface area (Å²) in [5.74, 6) is 0.132. The third-order valence-electron chi connectivity index (χ3n) is 6.48. The highest BCUT2D eigenvalue weighted by molar-refractivity contribution is 5.81. The molecule has 2 aromatic heterocycles. The molecule has 0 radical (unpaired) electrons. The molecule has 176 valence electrons. The topological polar surface area (TPSA) is 160 Å². The zero-order chi connectivity index (χ0) is 23.9. The van der Waals surface area contributed by atoms with Crippen LogP contribution in [0.3, 0.4) is 0 Å². The van der Waals surface area contributed by atoms with Crippen molar-refractivity contribution < 1.29 is 25.2 Å². The molecule has 10 heteroatoms. The van der Waals surface area contributed by atoms with Crippen LogP contribution in [0, 0.1) is 0 Å². The van der Waals surface area contributed by atoms with Gasteiger partial charge in [0.25, 0.3) is 0 Å². The van der Waals surface area contributed by atoms with Crippen molar-refractivity contribution in [2.24, 2.45) is 0 Å². The number of imidazole rings is 1. The largest absolute Gasteiger partial charge is 0.394 e. The monoisotopic (exact) mass is 463 g/mol. The average Bonchev–Trinajstić information content (AvgIpc) is 3.42. The predicted octanol–water partition coefficient (Wildman–Crippen LogP) is 0.500. The fraction of sp³-hybridized carbons (Fsp3) is 0.292. The Bertz CT molecular complexity index is 1250. The number of anilines is 1. The Balaban J connectivity index is 1.75. The molecule has 5 rings (SSSR count). The van der Waals surface area contributed by atoms with Crippen LogP contribution in [0.1, 0.15) is 17.5 Å². The van der Waals surface area contributed by atoms with E-state index >= 15 is 0 Å². The number of hydrogen-bond acceptors (Lipinski definition) is 9. The number of rotatable bonds is 6. The molecular formula is C24H25N5O5. The SMILES string of the molecule is Nc1ncnc2c1ncn2[C@]1(CC(O)(c2ccccc2)c2ccccc2)O[C@H](CO)[C@@H](O)[C@H]1O. The summed E-state index contributed by atoms with van der Waals surface area (Å²) in [6.45, 7) is -0.543. The molecular weight excluding hydrogens is 438 g/mol. The molecule has 10 nitrogen and oxygen atoms in total. The number of aliphatic hydroxyl groups is 4. The molecule has 0 spiro atoms. The van der Waals surface area contributed by atoms with Gasteiger partial charge in [-0.25, -0.2) is 15.0 Å². The van der Waals surface area contributed by atoms with Crippen LogP contribution in [0.15, 0.2) is 73.3 Å². The number of nitrogens with two attached hydrogens (primary N) is 1. The number of nitrogen functional groups attached to an aromatic ring is 1. The number of aliphatic hydroxyl groups excluding tert-OH is 3. The molecule has 1 aliphatic heterocycles. The summed E-state index contributed by atoms with van der Waals surface area (Å²) in [5, 5.41) is 44.2. The van der Waals surface area contributed by atoms with Crippen molar-refractivity contribution in [1.29, 1.82) is 0 Å². The standard InChI is InChI=1S/C24H25N5O5/c25-21-18-22(27-13-26-21)29(14-28-18)24(20(32)19(31)17(11-30)34-24)12-23(33,15-7-3-1-4-8-15)16-9-5-2-6-10-16/h1-10,13-14,17,19-20,30-33H,11-12H2,(H2,25,26,27)/t17-,19-,20-,24-/m1/s1. The van der Waals surface area contributed by atoms with Crippen molar-refractivity contribution in [3.8, 4) is 0 Å². The first-order chi connectivity index (χ1) is 16.4. The number of nitrogens with zero attached hydrogens (tertiary/aromatic N) is 4. The van der Waals surface area contributed by atoms with Crippen molar-refractivity contribution in [1.82, 2.24) is 19.5 Å². The second-order valence-electron chi connectivity index (χ2n) is 8.43. The van der Waals surface area contributed by atoms with Gasteiger partial charge in [0.05, 0.1) is 12.9 Å². The minimum absolute atomic E-state index is 0.132. The van der Waals surface area contributed by atoms with E-state index in [0.29, 0.717) is 11.1 Å².